The number of carbonyl (C=O) groups is 1. The Bertz CT molecular complexity index is 383. The molecular weight excluding hydrogens is 230 g/mol. The van der Waals surface area contributed by atoms with Gasteiger partial charge in [-0.05, 0) is 31.0 Å². The van der Waals surface area contributed by atoms with Crippen LogP contribution in [0.15, 0.2) is 24.5 Å². The quantitative estimate of drug-likeness (QED) is 0.870. The maximum Gasteiger partial charge on any atom is 0.410 e. The summed E-state index contributed by atoms with van der Waals surface area (Å²) in [5, 5.41) is 3.32. The number of nitrogens with zero attached hydrogens (tertiary/aromatic N) is 2. The van der Waals surface area contributed by atoms with Crippen molar-refractivity contribution in [2.45, 2.75) is 19.4 Å². The highest BCUT2D eigenvalue weighted by atomic mass is 16.6. The van der Waals surface area contributed by atoms with Gasteiger partial charge < -0.3 is 15.0 Å². The van der Waals surface area contributed by atoms with Gasteiger partial charge in [0.05, 0.1) is 12.6 Å². The van der Waals surface area contributed by atoms with Crippen molar-refractivity contribution in [1.29, 1.82) is 0 Å². The van der Waals surface area contributed by atoms with E-state index in [1.165, 1.54) is 5.56 Å². The van der Waals surface area contributed by atoms with E-state index >= 15 is 0 Å². The summed E-state index contributed by atoms with van der Waals surface area (Å²) in [6, 6.07) is 4.12. The summed E-state index contributed by atoms with van der Waals surface area (Å²) in [6.07, 6.45) is 4.17. The molecule has 5 heteroatoms. The minimum Gasteiger partial charge on any atom is -0.450 e. The van der Waals surface area contributed by atoms with E-state index in [1.54, 1.807) is 12.4 Å². The molecule has 0 radical (unpaired) electrons. The summed E-state index contributed by atoms with van der Waals surface area (Å²) in [7, 11) is 0. The van der Waals surface area contributed by atoms with Gasteiger partial charge in [0.25, 0.3) is 0 Å². The molecule has 1 aliphatic heterocycles. The van der Waals surface area contributed by atoms with Crippen LogP contribution < -0.4 is 5.32 Å². The fourth-order valence-electron chi connectivity index (χ4n) is 2.18. The number of amides is 1. The van der Waals surface area contributed by atoms with Crippen LogP contribution >= 0.6 is 0 Å². The molecule has 2 heterocycles. The Hall–Kier alpha value is -1.62. The molecule has 0 aromatic carbocycles. The topological polar surface area (TPSA) is 54.5 Å². The summed E-state index contributed by atoms with van der Waals surface area (Å²) in [5.74, 6) is 0. The van der Waals surface area contributed by atoms with Crippen LogP contribution in [0, 0.1) is 0 Å². The zero-order valence-electron chi connectivity index (χ0n) is 10.6. The highest BCUT2D eigenvalue weighted by Gasteiger charge is 2.27. The Morgan fingerprint density at radius 2 is 2.33 bits per heavy atom. The van der Waals surface area contributed by atoms with Gasteiger partial charge in [-0.15, -0.1) is 0 Å². The molecule has 5 nitrogen and oxygen atoms in total. The van der Waals surface area contributed by atoms with Crippen LogP contribution in [-0.4, -0.2) is 48.3 Å². The molecule has 0 bridgehead atoms. The molecule has 1 atom stereocenters. The largest absolute Gasteiger partial charge is 0.450 e. The van der Waals surface area contributed by atoms with Gasteiger partial charge in [0, 0.05) is 32.0 Å². The molecule has 0 saturated carbocycles. The van der Waals surface area contributed by atoms with Crippen LogP contribution in [0.2, 0.25) is 0 Å². The second-order valence-electron chi connectivity index (χ2n) is 4.31. The first kappa shape index (κ1) is 12.8. The van der Waals surface area contributed by atoms with Crippen molar-refractivity contribution < 1.29 is 9.53 Å². The molecule has 1 amide bonds. The second-order valence-corrected chi connectivity index (χ2v) is 4.31. The molecule has 18 heavy (non-hydrogen) atoms. The predicted octanol–water partition coefficient (Wildman–Crippen LogP) is 1.05. The number of hydrogen-bond acceptors (Lipinski definition) is 4. The van der Waals surface area contributed by atoms with E-state index in [0.29, 0.717) is 13.2 Å². The van der Waals surface area contributed by atoms with Gasteiger partial charge in [0.15, 0.2) is 0 Å². The standard InChI is InChI=1S/C13H19N3O2/c1-2-18-13(17)16-8-7-15-10-12(16)9-11-3-5-14-6-4-11/h3-6,12,15H,2,7-10H2,1H3. The van der Waals surface area contributed by atoms with Gasteiger partial charge in [-0.3, -0.25) is 4.98 Å². The van der Waals surface area contributed by atoms with Gasteiger partial charge in [-0.1, -0.05) is 0 Å². The maximum absolute atomic E-state index is 11.9. The van der Waals surface area contributed by atoms with Gasteiger partial charge >= 0.3 is 6.09 Å². The molecule has 1 aromatic rings. The minimum absolute atomic E-state index is 0.153. The molecule has 1 N–H and O–H groups in total. The second kappa shape index (κ2) is 6.35. The van der Waals surface area contributed by atoms with Crippen molar-refractivity contribution in [2.75, 3.05) is 26.2 Å². The Balaban J connectivity index is 2.01. The molecule has 1 unspecified atom stereocenters. The summed E-state index contributed by atoms with van der Waals surface area (Å²) >= 11 is 0. The highest BCUT2D eigenvalue weighted by molar-refractivity contribution is 5.68. The summed E-state index contributed by atoms with van der Waals surface area (Å²) < 4.78 is 5.10. The Morgan fingerprint density at radius 3 is 3.06 bits per heavy atom. The lowest BCUT2D eigenvalue weighted by molar-refractivity contribution is 0.0812. The summed E-state index contributed by atoms with van der Waals surface area (Å²) in [4.78, 5) is 17.7. The summed E-state index contributed by atoms with van der Waals surface area (Å²) in [5.41, 5.74) is 1.19. The average Bonchev–Trinajstić information content (AvgIpc) is 2.41. The van der Waals surface area contributed by atoms with Crippen molar-refractivity contribution in [3.63, 3.8) is 0 Å². The average molecular weight is 249 g/mol. The number of pyridine rings is 1. The normalized spacial score (nSPS) is 19.6. The van der Waals surface area contributed by atoms with Crippen molar-refractivity contribution in [3.8, 4) is 0 Å². The number of nitrogens with one attached hydrogen (secondary N) is 1. The van der Waals surface area contributed by atoms with Crippen LogP contribution in [0.5, 0.6) is 0 Å². The first-order chi connectivity index (χ1) is 8.81. The Labute approximate surface area is 107 Å². The Kier molecular flexibility index (Phi) is 4.52. The van der Waals surface area contributed by atoms with E-state index in [2.05, 4.69) is 10.3 Å². The van der Waals surface area contributed by atoms with Gasteiger partial charge in [-0.2, -0.15) is 0 Å². The SMILES string of the molecule is CCOC(=O)N1CCNCC1Cc1ccncc1. The molecule has 1 saturated heterocycles. The molecule has 0 spiro atoms. The molecule has 1 fully saturated rings. The molecule has 1 aromatic heterocycles. The van der Waals surface area contributed by atoms with Crippen molar-refractivity contribution in [2.24, 2.45) is 0 Å². The van der Waals surface area contributed by atoms with Crippen LogP contribution in [0.3, 0.4) is 0 Å². The first-order valence-electron chi connectivity index (χ1n) is 6.34. The Morgan fingerprint density at radius 1 is 1.56 bits per heavy atom. The number of piperazine rings is 1. The number of ether oxygens (including phenoxy) is 1. The van der Waals surface area contributed by atoms with Crippen LogP contribution in [0.4, 0.5) is 4.79 Å². The minimum atomic E-state index is -0.210. The third-order valence-corrected chi connectivity index (χ3v) is 3.07. The fourth-order valence-corrected chi connectivity index (χ4v) is 2.18. The molecule has 2 rings (SSSR count). The predicted molar refractivity (Wildman–Crippen MR) is 68.3 cm³/mol. The van der Waals surface area contributed by atoms with Gasteiger partial charge in [-0.25, -0.2) is 4.79 Å². The number of rotatable bonds is 3. The first-order valence-corrected chi connectivity index (χ1v) is 6.34. The van der Waals surface area contributed by atoms with Gasteiger partial charge in [0.2, 0.25) is 0 Å². The molecule has 98 valence electrons. The number of hydrogen-bond donors (Lipinski definition) is 1. The highest BCUT2D eigenvalue weighted by Crippen LogP contribution is 2.11. The van der Waals surface area contributed by atoms with Crippen molar-refractivity contribution >= 4 is 6.09 Å². The lowest BCUT2D eigenvalue weighted by Gasteiger charge is -2.35. The third-order valence-electron chi connectivity index (χ3n) is 3.07. The van der Waals surface area contributed by atoms with E-state index in [1.807, 2.05) is 24.0 Å². The fraction of sp³-hybridized carbons (Fsp3) is 0.538. The number of carbonyl (C=O) groups excluding carboxylic acids is 1. The summed E-state index contributed by atoms with van der Waals surface area (Å²) in [6.45, 7) is 4.59. The van der Waals surface area contributed by atoms with Crippen molar-refractivity contribution in [1.82, 2.24) is 15.2 Å². The molecule has 0 aliphatic carbocycles. The zero-order valence-corrected chi connectivity index (χ0v) is 10.6. The monoisotopic (exact) mass is 249 g/mol. The zero-order chi connectivity index (χ0) is 12.8. The van der Waals surface area contributed by atoms with Crippen LogP contribution in [0.25, 0.3) is 0 Å². The molecule has 1 aliphatic rings. The lowest BCUT2D eigenvalue weighted by Crippen LogP contribution is -2.54. The van der Waals surface area contributed by atoms with E-state index < -0.39 is 0 Å². The van der Waals surface area contributed by atoms with E-state index in [0.717, 1.165) is 19.5 Å². The van der Waals surface area contributed by atoms with Crippen LogP contribution in [0.1, 0.15) is 12.5 Å². The number of aromatic nitrogens is 1. The maximum atomic E-state index is 11.9. The smallest absolute Gasteiger partial charge is 0.410 e. The van der Waals surface area contributed by atoms with E-state index in [4.69, 9.17) is 4.74 Å². The van der Waals surface area contributed by atoms with Crippen molar-refractivity contribution in [3.05, 3.63) is 30.1 Å². The lowest BCUT2D eigenvalue weighted by atomic mass is 10.0. The molecular formula is C13H19N3O2. The van der Waals surface area contributed by atoms with Gasteiger partial charge in [0.1, 0.15) is 0 Å². The van der Waals surface area contributed by atoms with E-state index in [9.17, 15) is 4.79 Å². The third kappa shape index (κ3) is 3.20. The van der Waals surface area contributed by atoms with E-state index in [-0.39, 0.29) is 12.1 Å². The van der Waals surface area contributed by atoms with Crippen LogP contribution in [-0.2, 0) is 11.2 Å².